The maximum atomic E-state index is 11.1. The predicted octanol–water partition coefficient (Wildman–Crippen LogP) is -1.28. The highest BCUT2D eigenvalue weighted by Gasteiger charge is 2.36. The Bertz CT molecular complexity index is 197. The van der Waals surface area contributed by atoms with Gasteiger partial charge in [0.15, 0.2) is 0 Å². The molecule has 3 aliphatic rings. The van der Waals surface area contributed by atoms with E-state index in [4.69, 9.17) is 0 Å². The van der Waals surface area contributed by atoms with Gasteiger partial charge in [0.25, 0.3) is 0 Å². The second-order valence-electron chi connectivity index (χ2n) is 2.66. The number of fused-ring (bicyclic) bond motifs is 4. The summed E-state index contributed by atoms with van der Waals surface area (Å²) in [6.07, 6.45) is 0. The molecule has 0 radical (unpaired) electrons. The highest BCUT2D eigenvalue weighted by Crippen LogP contribution is 2.14. The molecule has 0 spiro atoms. The first-order valence-electron chi connectivity index (χ1n) is 3.46. The fraction of sp³-hybridized carbons (Fsp3) is 0.667. The van der Waals surface area contributed by atoms with Crippen LogP contribution in [0, 0.1) is 0 Å². The number of piperazine rings is 1. The van der Waals surface area contributed by atoms with E-state index in [0.29, 0.717) is 11.5 Å². The van der Waals surface area contributed by atoms with Gasteiger partial charge >= 0.3 is 0 Å². The zero-order valence-electron chi connectivity index (χ0n) is 5.79. The maximum Gasteiger partial charge on any atom is 0.244 e. The quantitative estimate of drug-likeness (QED) is 0.478. The van der Waals surface area contributed by atoms with Gasteiger partial charge in [0.2, 0.25) is 11.8 Å². The smallest absolute Gasteiger partial charge is 0.244 e. The first-order valence-corrected chi connectivity index (χ1v) is 4.61. The fourth-order valence-corrected chi connectivity index (χ4v) is 2.29. The van der Waals surface area contributed by atoms with Crippen molar-refractivity contribution in [3.63, 3.8) is 0 Å². The highest BCUT2D eigenvalue weighted by atomic mass is 32.2. The van der Waals surface area contributed by atoms with Gasteiger partial charge in [-0.25, -0.2) is 0 Å². The van der Waals surface area contributed by atoms with E-state index in [9.17, 15) is 9.59 Å². The van der Waals surface area contributed by atoms with Crippen LogP contribution in [0.4, 0.5) is 0 Å². The molecule has 0 saturated carbocycles. The molecule has 2 amide bonds. The Morgan fingerprint density at radius 1 is 1.09 bits per heavy atom. The standard InChI is InChI=1S/C6H8N2O2S/c9-5-3-1-11-2-4(8-5)6(10)7-3/h3-4H,1-2H2,(H,7,10)(H,8,9)/t3-,4-/m1/s1. The van der Waals surface area contributed by atoms with Gasteiger partial charge in [-0.1, -0.05) is 0 Å². The lowest BCUT2D eigenvalue weighted by atomic mass is 10.2. The molecule has 5 heteroatoms. The van der Waals surface area contributed by atoms with Crippen LogP contribution in [-0.2, 0) is 9.59 Å². The van der Waals surface area contributed by atoms with Crippen molar-refractivity contribution in [3.8, 4) is 0 Å². The minimum Gasteiger partial charge on any atom is -0.342 e. The molecule has 3 heterocycles. The van der Waals surface area contributed by atoms with Crippen LogP contribution in [0.5, 0.6) is 0 Å². The summed E-state index contributed by atoms with van der Waals surface area (Å²) in [6.45, 7) is 0. The van der Waals surface area contributed by atoms with E-state index < -0.39 is 0 Å². The Kier molecular flexibility index (Phi) is 1.52. The van der Waals surface area contributed by atoms with E-state index in [1.54, 1.807) is 11.8 Å². The van der Waals surface area contributed by atoms with Gasteiger partial charge < -0.3 is 10.6 Å². The van der Waals surface area contributed by atoms with Crippen LogP contribution >= 0.6 is 11.8 Å². The number of hydrogen-bond acceptors (Lipinski definition) is 3. The van der Waals surface area contributed by atoms with E-state index in [0.717, 1.165) is 0 Å². The summed E-state index contributed by atoms with van der Waals surface area (Å²) >= 11 is 1.64. The molecule has 0 unspecified atom stereocenters. The van der Waals surface area contributed by atoms with Gasteiger partial charge in [0, 0.05) is 11.5 Å². The molecule has 2 atom stereocenters. The number of thioether (sulfide) groups is 1. The molecule has 3 fully saturated rings. The SMILES string of the molecule is O=C1N[C@@H]2CSC[C@H]1NC2=O. The second-order valence-corrected chi connectivity index (χ2v) is 3.73. The van der Waals surface area contributed by atoms with Gasteiger partial charge in [-0.15, -0.1) is 0 Å². The molecule has 4 nitrogen and oxygen atoms in total. The van der Waals surface area contributed by atoms with Crippen LogP contribution in [0.3, 0.4) is 0 Å². The van der Waals surface area contributed by atoms with E-state index >= 15 is 0 Å². The van der Waals surface area contributed by atoms with Crippen LogP contribution in [-0.4, -0.2) is 35.4 Å². The molecule has 3 rings (SSSR count). The monoisotopic (exact) mass is 172 g/mol. The Morgan fingerprint density at radius 3 is 2.00 bits per heavy atom. The predicted molar refractivity (Wildman–Crippen MR) is 41.2 cm³/mol. The second kappa shape index (κ2) is 2.41. The number of nitrogens with one attached hydrogen (secondary N) is 2. The Morgan fingerprint density at radius 2 is 1.55 bits per heavy atom. The van der Waals surface area contributed by atoms with Gasteiger partial charge in [-0.05, 0) is 0 Å². The molecule has 0 aromatic heterocycles. The minimum atomic E-state index is -0.300. The topological polar surface area (TPSA) is 58.2 Å². The lowest BCUT2D eigenvalue weighted by Crippen LogP contribution is -2.61. The molecule has 11 heavy (non-hydrogen) atoms. The summed E-state index contributed by atoms with van der Waals surface area (Å²) in [6, 6.07) is -0.600. The number of rotatable bonds is 0. The van der Waals surface area contributed by atoms with Gasteiger partial charge in [-0.2, -0.15) is 11.8 Å². The summed E-state index contributed by atoms with van der Waals surface area (Å²) in [5, 5.41) is 5.31. The van der Waals surface area contributed by atoms with Crippen molar-refractivity contribution in [1.29, 1.82) is 0 Å². The zero-order valence-corrected chi connectivity index (χ0v) is 6.61. The Balaban J connectivity index is 2.24. The third kappa shape index (κ3) is 1.09. The highest BCUT2D eigenvalue weighted by molar-refractivity contribution is 7.99. The molecule has 3 saturated heterocycles. The van der Waals surface area contributed by atoms with E-state index in [2.05, 4.69) is 10.6 Å². The molecule has 60 valence electrons. The first-order chi connectivity index (χ1) is 5.27. The molecule has 0 aliphatic carbocycles. The van der Waals surface area contributed by atoms with Crippen LogP contribution in [0.1, 0.15) is 0 Å². The van der Waals surface area contributed by atoms with Crippen molar-refractivity contribution in [2.75, 3.05) is 11.5 Å². The number of hydrogen-bond donors (Lipinski definition) is 2. The normalized spacial score (nSPS) is 36.0. The molecule has 2 N–H and O–H groups in total. The van der Waals surface area contributed by atoms with Gasteiger partial charge in [-0.3, -0.25) is 9.59 Å². The molecule has 0 aromatic rings. The Labute approximate surface area is 68.1 Å². The summed E-state index contributed by atoms with van der Waals surface area (Å²) in [5.74, 6) is 1.32. The first kappa shape index (κ1) is 6.97. The zero-order chi connectivity index (χ0) is 7.84. The van der Waals surface area contributed by atoms with Crippen LogP contribution in [0.2, 0.25) is 0 Å². The van der Waals surface area contributed by atoms with Crippen molar-refractivity contribution in [3.05, 3.63) is 0 Å². The summed E-state index contributed by atoms with van der Waals surface area (Å²) in [5.41, 5.74) is 0. The lowest BCUT2D eigenvalue weighted by Gasteiger charge is -2.23. The lowest BCUT2D eigenvalue weighted by molar-refractivity contribution is -0.135. The molecule has 2 bridgehead atoms. The van der Waals surface area contributed by atoms with Crippen LogP contribution in [0.25, 0.3) is 0 Å². The minimum absolute atomic E-state index is 0.0420. The third-order valence-corrected chi connectivity index (χ3v) is 2.97. The largest absolute Gasteiger partial charge is 0.342 e. The van der Waals surface area contributed by atoms with Gasteiger partial charge in [0.05, 0.1) is 0 Å². The van der Waals surface area contributed by atoms with Gasteiger partial charge in [0.1, 0.15) is 12.1 Å². The fourth-order valence-electron chi connectivity index (χ4n) is 1.21. The average Bonchev–Trinajstić information content (AvgIpc) is 2.21. The van der Waals surface area contributed by atoms with E-state index in [-0.39, 0.29) is 23.9 Å². The molecule has 0 aromatic carbocycles. The third-order valence-electron chi connectivity index (χ3n) is 1.83. The number of amides is 2. The molecular weight excluding hydrogens is 164 g/mol. The summed E-state index contributed by atoms with van der Waals surface area (Å²) in [7, 11) is 0. The summed E-state index contributed by atoms with van der Waals surface area (Å²) in [4.78, 5) is 22.2. The summed E-state index contributed by atoms with van der Waals surface area (Å²) < 4.78 is 0. The van der Waals surface area contributed by atoms with Crippen molar-refractivity contribution >= 4 is 23.6 Å². The van der Waals surface area contributed by atoms with Crippen molar-refractivity contribution < 1.29 is 9.59 Å². The average molecular weight is 172 g/mol. The number of carbonyl (C=O) groups excluding carboxylic acids is 2. The van der Waals surface area contributed by atoms with E-state index in [1.807, 2.05) is 0 Å². The van der Waals surface area contributed by atoms with Crippen molar-refractivity contribution in [1.82, 2.24) is 10.6 Å². The Hall–Kier alpha value is -0.710. The van der Waals surface area contributed by atoms with Crippen LogP contribution < -0.4 is 10.6 Å². The van der Waals surface area contributed by atoms with E-state index in [1.165, 1.54) is 0 Å². The van der Waals surface area contributed by atoms with Crippen molar-refractivity contribution in [2.24, 2.45) is 0 Å². The number of carbonyl (C=O) groups is 2. The maximum absolute atomic E-state index is 11.1. The molecular formula is C6H8N2O2S. The van der Waals surface area contributed by atoms with Crippen LogP contribution in [0.15, 0.2) is 0 Å². The van der Waals surface area contributed by atoms with Crippen molar-refractivity contribution in [2.45, 2.75) is 12.1 Å². The molecule has 3 aliphatic heterocycles.